The van der Waals surface area contributed by atoms with E-state index in [9.17, 15) is 34.5 Å². The normalized spacial score (nSPS) is 14.4. The lowest BCUT2D eigenvalue weighted by Crippen LogP contribution is -2.09. The zero-order chi connectivity index (χ0) is 42.6. The maximum atomic E-state index is 11.1. The minimum absolute atomic E-state index is 0.0352. The second-order valence-corrected chi connectivity index (χ2v) is 13.2. The first-order chi connectivity index (χ1) is 28.3. The SMILES string of the molecule is COC(=O)C[C@@H]1COc2cc(O)ccc21.COC(=O)C[C@H]1COc2cc(O)ccc21.COC(=O)Cc1coc2cc(O)ccc12.O=C(O)Cc1coc2cc(O)ccc12. The van der Waals surface area contributed by atoms with E-state index >= 15 is 0 Å². The fraction of sp³-hybridized carbons (Fsp3) is 0.256. The van der Waals surface area contributed by atoms with Gasteiger partial charge in [-0.15, -0.1) is 0 Å². The van der Waals surface area contributed by atoms with Gasteiger partial charge >= 0.3 is 23.9 Å². The number of phenolic OH excluding ortho intramolecular Hbond substituents is 4. The fourth-order valence-corrected chi connectivity index (χ4v) is 6.25. The van der Waals surface area contributed by atoms with Crippen LogP contribution in [0.25, 0.3) is 21.9 Å². The van der Waals surface area contributed by atoms with Crippen LogP contribution in [0.5, 0.6) is 34.5 Å². The standard InChI is InChI=1S/2C11H12O4.C11H10O4.C10H8O4/c3*1-14-11(13)4-7-6-15-10-5-8(12)2-3-9(7)10;11-7-1-2-8-6(3-10(12)13)5-14-9(8)4-7/h2*2-3,5,7,12H,4,6H2,1H3;2-3,5-6,12H,4H2,1H3;1-2,4-5,11H,3H2,(H,12,13)/t2*7-;;/m10../s1. The van der Waals surface area contributed by atoms with Gasteiger partial charge in [0.2, 0.25) is 0 Å². The molecule has 0 unspecified atom stereocenters. The second kappa shape index (κ2) is 19.7. The first-order valence-electron chi connectivity index (χ1n) is 18.0. The lowest BCUT2D eigenvalue weighted by atomic mass is 9.98. The number of aromatic hydroxyl groups is 4. The van der Waals surface area contributed by atoms with Gasteiger partial charge in [-0.25, -0.2) is 0 Å². The quantitative estimate of drug-likeness (QED) is 0.0815. The molecule has 0 aliphatic carbocycles. The van der Waals surface area contributed by atoms with Crippen LogP contribution >= 0.6 is 0 Å². The van der Waals surface area contributed by atoms with Gasteiger partial charge in [0, 0.05) is 69.1 Å². The minimum atomic E-state index is -0.902. The van der Waals surface area contributed by atoms with E-state index in [1.54, 1.807) is 54.6 Å². The van der Waals surface area contributed by atoms with E-state index in [0.29, 0.717) is 54.3 Å². The van der Waals surface area contributed by atoms with Crippen molar-refractivity contribution in [1.82, 2.24) is 0 Å². The van der Waals surface area contributed by atoms with E-state index in [0.717, 1.165) is 27.5 Å². The first-order valence-corrected chi connectivity index (χ1v) is 18.0. The van der Waals surface area contributed by atoms with Gasteiger partial charge in [0.25, 0.3) is 0 Å². The van der Waals surface area contributed by atoms with Gasteiger partial charge in [-0.3, -0.25) is 19.2 Å². The summed E-state index contributed by atoms with van der Waals surface area (Å²) in [6, 6.07) is 19.3. The Kier molecular flexibility index (Phi) is 14.3. The lowest BCUT2D eigenvalue weighted by molar-refractivity contribution is -0.142. The Bertz CT molecular complexity index is 2350. The number of fused-ring (bicyclic) bond motifs is 4. The van der Waals surface area contributed by atoms with Crippen LogP contribution in [0.15, 0.2) is 94.2 Å². The van der Waals surface area contributed by atoms with Gasteiger partial charge in [-0.2, -0.15) is 0 Å². The molecule has 0 fully saturated rings. The van der Waals surface area contributed by atoms with Crippen LogP contribution in [-0.4, -0.2) is 84.0 Å². The molecule has 2 aromatic heterocycles. The highest BCUT2D eigenvalue weighted by molar-refractivity contribution is 5.87. The Labute approximate surface area is 336 Å². The number of carboxylic acid groups (broad SMARTS) is 1. The molecule has 0 saturated carbocycles. The van der Waals surface area contributed by atoms with Crippen molar-refractivity contribution in [1.29, 1.82) is 0 Å². The smallest absolute Gasteiger partial charge is 0.310 e. The Hall–Kier alpha value is -7.36. The molecule has 6 aromatic rings. The maximum absolute atomic E-state index is 11.1. The summed E-state index contributed by atoms with van der Waals surface area (Å²) in [5, 5.41) is 47.0. The van der Waals surface area contributed by atoms with Gasteiger partial charge in [0.15, 0.2) is 0 Å². The van der Waals surface area contributed by atoms with E-state index in [1.165, 1.54) is 52.1 Å². The Balaban J connectivity index is 0.000000150. The van der Waals surface area contributed by atoms with Crippen molar-refractivity contribution >= 4 is 45.8 Å². The molecule has 2 aliphatic rings. The molecule has 5 N–H and O–H groups in total. The molecule has 2 atom stereocenters. The van der Waals surface area contributed by atoms with Gasteiger partial charge in [0.1, 0.15) is 45.7 Å². The van der Waals surface area contributed by atoms with Crippen molar-refractivity contribution in [3.05, 3.63) is 108 Å². The number of carboxylic acids is 1. The van der Waals surface area contributed by atoms with E-state index in [1.807, 2.05) is 0 Å². The van der Waals surface area contributed by atoms with Crippen molar-refractivity contribution < 1.29 is 77.2 Å². The molecule has 310 valence electrons. The van der Waals surface area contributed by atoms with Crippen molar-refractivity contribution in [2.45, 2.75) is 37.5 Å². The van der Waals surface area contributed by atoms with Gasteiger partial charge < -0.3 is 58.1 Å². The number of benzene rings is 4. The Morgan fingerprint density at radius 2 is 0.949 bits per heavy atom. The summed E-state index contributed by atoms with van der Waals surface area (Å²) in [6.45, 7) is 0.932. The van der Waals surface area contributed by atoms with Crippen LogP contribution in [0.1, 0.15) is 46.9 Å². The van der Waals surface area contributed by atoms with E-state index in [2.05, 4.69) is 14.2 Å². The van der Waals surface area contributed by atoms with E-state index in [-0.39, 0.29) is 65.6 Å². The number of furan rings is 2. The molecular formula is C43H42O16. The molecule has 8 rings (SSSR count). The molecular weight excluding hydrogens is 772 g/mol. The predicted molar refractivity (Wildman–Crippen MR) is 209 cm³/mol. The summed E-state index contributed by atoms with van der Waals surface area (Å²) in [4.78, 5) is 43.8. The first kappa shape index (κ1) is 42.8. The largest absolute Gasteiger partial charge is 0.508 e. The maximum Gasteiger partial charge on any atom is 0.310 e. The number of esters is 3. The third kappa shape index (κ3) is 11.4. The van der Waals surface area contributed by atoms with E-state index in [4.69, 9.17) is 28.5 Å². The molecule has 16 heteroatoms. The molecule has 0 bridgehead atoms. The molecule has 16 nitrogen and oxygen atoms in total. The van der Waals surface area contributed by atoms with Crippen LogP contribution in [0.3, 0.4) is 0 Å². The summed E-state index contributed by atoms with van der Waals surface area (Å²) in [5.74, 6) is 0.268. The average molecular weight is 815 g/mol. The fourth-order valence-electron chi connectivity index (χ4n) is 6.25. The Morgan fingerprint density at radius 3 is 1.36 bits per heavy atom. The summed E-state index contributed by atoms with van der Waals surface area (Å²) in [6.07, 6.45) is 3.63. The van der Waals surface area contributed by atoms with Crippen molar-refractivity contribution in [2.75, 3.05) is 34.5 Å². The molecule has 4 aromatic carbocycles. The van der Waals surface area contributed by atoms with Crippen LogP contribution < -0.4 is 9.47 Å². The zero-order valence-electron chi connectivity index (χ0n) is 32.2. The molecule has 4 heterocycles. The summed E-state index contributed by atoms with van der Waals surface area (Å²) < 4.78 is 34.8. The number of hydrogen-bond donors (Lipinski definition) is 5. The second-order valence-electron chi connectivity index (χ2n) is 13.2. The molecule has 0 saturated heterocycles. The average Bonchev–Trinajstić information content (AvgIpc) is 4.01. The summed E-state index contributed by atoms with van der Waals surface area (Å²) >= 11 is 0. The summed E-state index contributed by atoms with van der Waals surface area (Å²) in [7, 11) is 4.09. The van der Waals surface area contributed by atoms with Gasteiger partial charge in [0.05, 0.1) is 72.8 Å². The monoisotopic (exact) mass is 814 g/mol. The van der Waals surface area contributed by atoms with E-state index < -0.39 is 5.97 Å². The highest BCUT2D eigenvalue weighted by atomic mass is 16.5. The molecule has 0 amide bonds. The van der Waals surface area contributed by atoms with Crippen LogP contribution in [-0.2, 0) is 46.2 Å². The van der Waals surface area contributed by atoms with Crippen molar-refractivity contribution in [3.63, 3.8) is 0 Å². The van der Waals surface area contributed by atoms with Crippen LogP contribution in [0, 0.1) is 0 Å². The number of methoxy groups -OCH3 is 3. The third-order valence-corrected chi connectivity index (χ3v) is 9.22. The minimum Gasteiger partial charge on any atom is -0.508 e. The lowest BCUT2D eigenvalue weighted by Gasteiger charge is -2.06. The number of ether oxygens (including phenoxy) is 5. The topological polar surface area (TPSA) is 242 Å². The number of phenols is 4. The zero-order valence-corrected chi connectivity index (χ0v) is 32.2. The summed E-state index contributed by atoms with van der Waals surface area (Å²) in [5.41, 5.74) is 4.36. The highest BCUT2D eigenvalue weighted by Gasteiger charge is 2.28. The predicted octanol–water partition coefficient (Wildman–Crippen LogP) is 6.48. The number of carbonyl (C=O) groups is 4. The molecule has 0 spiro atoms. The number of aliphatic carboxylic acids is 1. The Morgan fingerprint density at radius 1 is 0.559 bits per heavy atom. The van der Waals surface area contributed by atoms with Crippen LogP contribution in [0.2, 0.25) is 0 Å². The van der Waals surface area contributed by atoms with Gasteiger partial charge in [-0.05, 0) is 36.4 Å². The number of hydrogen-bond acceptors (Lipinski definition) is 15. The number of rotatable bonds is 8. The molecule has 59 heavy (non-hydrogen) atoms. The number of carbonyl (C=O) groups excluding carboxylic acids is 3. The van der Waals surface area contributed by atoms with Crippen molar-refractivity contribution in [2.24, 2.45) is 0 Å². The van der Waals surface area contributed by atoms with Crippen LogP contribution in [0.4, 0.5) is 0 Å². The van der Waals surface area contributed by atoms with Gasteiger partial charge in [-0.1, -0.05) is 12.1 Å². The van der Waals surface area contributed by atoms with Crippen molar-refractivity contribution in [3.8, 4) is 34.5 Å². The molecule has 2 aliphatic heterocycles. The molecule has 0 radical (unpaired) electrons. The third-order valence-electron chi connectivity index (χ3n) is 9.22. The highest BCUT2D eigenvalue weighted by Crippen LogP contribution is 2.39.